The quantitative estimate of drug-likeness (QED) is 0.806. The third-order valence-corrected chi connectivity index (χ3v) is 4.75. The first-order chi connectivity index (χ1) is 13.6. The van der Waals surface area contributed by atoms with Gasteiger partial charge in [-0.2, -0.15) is 0 Å². The second-order valence-corrected chi connectivity index (χ2v) is 6.70. The second-order valence-electron chi connectivity index (χ2n) is 6.70. The van der Waals surface area contributed by atoms with E-state index in [0.717, 1.165) is 12.1 Å². The van der Waals surface area contributed by atoms with Gasteiger partial charge in [-0.05, 0) is 42.7 Å². The van der Waals surface area contributed by atoms with Crippen LogP contribution >= 0.6 is 0 Å². The van der Waals surface area contributed by atoms with E-state index in [1.165, 1.54) is 35.4 Å². The summed E-state index contributed by atoms with van der Waals surface area (Å²) in [6, 6.07) is 7.98. The number of aromatic nitrogens is 1. The largest absolute Gasteiger partial charge is 0.573 e. The van der Waals surface area contributed by atoms with Crippen molar-refractivity contribution in [2.45, 2.75) is 24.8 Å². The number of halogens is 3. The zero-order valence-corrected chi connectivity index (χ0v) is 15.1. The summed E-state index contributed by atoms with van der Waals surface area (Å²) in [5.74, 6) is -1.45. The molecule has 2 heterocycles. The van der Waals surface area contributed by atoms with Crippen molar-refractivity contribution in [3.05, 3.63) is 59.4 Å². The number of likely N-dealkylation sites (tertiary alicyclic amines) is 1. The molecule has 1 saturated heterocycles. The molecule has 0 radical (unpaired) electrons. The van der Waals surface area contributed by atoms with Gasteiger partial charge in [0.05, 0.1) is 11.2 Å². The summed E-state index contributed by atoms with van der Waals surface area (Å²) < 4.78 is 41.2. The van der Waals surface area contributed by atoms with Crippen molar-refractivity contribution in [2.75, 3.05) is 13.1 Å². The van der Waals surface area contributed by atoms with Gasteiger partial charge in [0.2, 0.25) is 5.91 Å². The van der Waals surface area contributed by atoms with E-state index in [-0.39, 0.29) is 48.7 Å². The van der Waals surface area contributed by atoms with Crippen LogP contribution < -0.4 is 10.5 Å². The molecule has 29 heavy (non-hydrogen) atoms. The van der Waals surface area contributed by atoms with Crippen LogP contribution in [0.15, 0.2) is 42.6 Å². The van der Waals surface area contributed by atoms with E-state index < -0.39 is 23.6 Å². The molecule has 1 aliphatic rings. The first kappa shape index (κ1) is 20.6. The molecule has 3 rings (SSSR count). The van der Waals surface area contributed by atoms with E-state index in [9.17, 15) is 27.9 Å². The van der Waals surface area contributed by atoms with Crippen LogP contribution in [0.25, 0.3) is 0 Å². The number of amides is 2. The van der Waals surface area contributed by atoms with Crippen LogP contribution in [0, 0.1) is 0 Å². The first-order valence-electron chi connectivity index (χ1n) is 8.71. The molecule has 0 spiro atoms. The molecule has 2 amide bonds. The monoisotopic (exact) mass is 409 g/mol. The third-order valence-electron chi connectivity index (χ3n) is 4.75. The fraction of sp³-hybridized carbons (Fsp3) is 0.316. The van der Waals surface area contributed by atoms with Gasteiger partial charge < -0.3 is 20.5 Å². The predicted molar refractivity (Wildman–Crippen MR) is 94.9 cm³/mol. The van der Waals surface area contributed by atoms with E-state index in [0.29, 0.717) is 0 Å². The van der Waals surface area contributed by atoms with E-state index in [4.69, 9.17) is 5.73 Å². The number of ether oxygens (including phenoxy) is 1. The van der Waals surface area contributed by atoms with Crippen molar-refractivity contribution in [3.63, 3.8) is 0 Å². The molecular formula is C19H18F3N3O4. The lowest BCUT2D eigenvalue weighted by atomic mass is 9.84. The molecular weight excluding hydrogens is 391 g/mol. The summed E-state index contributed by atoms with van der Waals surface area (Å²) in [6.45, 7) is 0.359. The molecule has 0 unspecified atom stereocenters. The number of rotatable bonds is 4. The van der Waals surface area contributed by atoms with Crippen LogP contribution in [-0.2, 0) is 5.60 Å². The number of pyridine rings is 1. The Morgan fingerprint density at radius 2 is 1.86 bits per heavy atom. The zero-order chi connectivity index (χ0) is 21.2. The minimum absolute atomic E-state index is 0.126. The summed E-state index contributed by atoms with van der Waals surface area (Å²) in [5.41, 5.74) is 4.34. The van der Waals surface area contributed by atoms with Gasteiger partial charge in [-0.25, -0.2) is 0 Å². The maximum atomic E-state index is 12.6. The van der Waals surface area contributed by atoms with E-state index >= 15 is 0 Å². The number of benzene rings is 1. The normalized spacial score (nSPS) is 16.3. The molecule has 1 aromatic carbocycles. The van der Waals surface area contributed by atoms with Crippen molar-refractivity contribution < 1.29 is 32.6 Å². The molecule has 0 atom stereocenters. The molecule has 0 aliphatic carbocycles. The van der Waals surface area contributed by atoms with Crippen LogP contribution in [0.3, 0.4) is 0 Å². The topological polar surface area (TPSA) is 106 Å². The first-order valence-corrected chi connectivity index (χ1v) is 8.71. The van der Waals surface area contributed by atoms with E-state index in [1.807, 2.05) is 0 Å². The summed E-state index contributed by atoms with van der Waals surface area (Å²) in [7, 11) is 0. The van der Waals surface area contributed by atoms with Crippen molar-refractivity contribution in [2.24, 2.45) is 5.73 Å². The lowest BCUT2D eigenvalue weighted by molar-refractivity contribution is -0.274. The van der Waals surface area contributed by atoms with Gasteiger partial charge in [0.25, 0.3) is 5.91 Å². The highest BCUT2D eigenvalue weighted by atomic mass is 19.4. The lowest BCUT2D eigenvalue weighted by Gasteiger charge is -2.38. The minimum atomic E-state index is -4.83. The molecule has 10 heteroatoms. The Hall–Kier alpha value is -3.14. The van der Waals surface area contributed by atoms with Crippen molar-refractivity contribution >= 4 is 11.8 Å². The number of primary amides is 1. The zero-order valence-electron chi connectivity index (χ0n) is 15.1. The number of aliphatic hydroxyl groups is 1. The van der Waals surface area contributed by atoms with Gasteiger partial charge in [-0.1, -0.05) is 12.1 Å². The number of hydrogen-bond donors (Lipinski definition) is 2. The molecule has 1 aromatic heterocycles. The summed E-state index contributed by atoms with van der Waals surface area (Å²) in [4.78, 5) is 29.1. The standard InChI is InChI=1S/C19H18F3N3O4/c20-19(21,22)29-14-3-1-2-13(10-14)18(28)6-8-25(9-7-18)17(27)15-5-4-12(11-24-15)16(23)26/h1-5,10-11,28H,6-9H2,(H2,23,26). The van der Waals surface area contributed by atoms with Crippen LogP contribution in [0.4, 0.5) is 13.2 Å². The molecule has 3 N–H and O–H groups in total. The Balaban J connectivity index is 1.68. The number of nitrogens with zero attached hydrogens (tertiary/aromatic N) is 2. The van der Waals surface area contributed by atoms with Gasteiger partial charge in [-0.3, -0.25) is 14.6 Å². The Kier molecular flexibility index (Phi) is 5.47. The van der Waals surface area contributed by atoms with Gasteiger partial charge >= 0.3 is 6.36 Å². The Bertz CT molecular complexity index is 908. The van der Waals surface area contributed by atoms with Gasteiger partial charge in [0.1, 0.15) is 11.4 Å². The Morgan fingerprint density at radius 1 is 1.17 bits per heavy atom. The van der Waals surface area contributed by atoms with Crippen molar-refractivity contribution in [1.29, 1.82) is 0 Å². The number of alkyl halides is 3. The molecule has 154 valence electrons. The number of piperidine rings is 1. The van der Waals surface area contributed by atoms with E-state index in [2.05, 4.69) is 9.72 Å². The molecule has 1 fully saturated rings. The van der Waals surface area contributed by atoms with Gasteiger partial charge in [0.15, 0.2) is 0 Å². The van der Waals surface area contributed by atoms with Crippen LogP contribution in [0.1, 0.15) is 39.3 Å². The van der Waals surface area contributed by atoms with Gasteiger partial charge in [0, 0.05) is 19.3 Å². The lowest BCUT2D eigenvalue weighted by Crippen LogP contribution is -2.45. The average molecular weight is 409 g/mol. The highest BCUT2D eigenvalue weighted by Gasteiger charge is 2.37. The highest BCUT2D eigenvalue weighted by Crippen LogP contribution is 2.35. The maximum Gasteiger partial charge on any atom is 0.573 e. The van der Waals surface area contributed by atoms with Crippen molar-refractivity contribution in [3.8, 4) is 5.75 Å². The van der Waals surface area contributed by atoms with Gasteiger partial charge in [-0.15, -0.1) is 13.2 Å². The summed E-state index contributed by atoms with van der Waals surface area (Å²) in [6.07, 6.45) is -3.35. The third kappa shape index (κ3) is 4.83. The fourth-order valence-corrected chi connectivity index (χ4v) is 3.18. The second kappa shape index (κ2) is 7.70. The molecule has 2 aromatic rings. The SMILES string of the molecule is NC(=O)c1ccc(C(=O)N2CCC(O)(c3cccc(OC(F)(F)F)c3)CC2)nc1. The Morgan fingerprint density at radius 3 is 2.41 bits per heavy atom. The molecule has 0 bridgehead atoms. The predicted octanol–water partition coefficient (Wildman–Crippen LogP) is 2.20. The van der Waals surface area contributed by atoms with Crippen LogP contribution in [-0.4, -0.2) is 46.3 Å². The fourth-order valence-electron chi connectivity index (χ4n) is 3.18. The number of hydrogen-bond acceptors (Lipinski definition) is 5. The van der Waals surface area contributed by atoms with Crippen LogP contribution in [0.2, 0.25) is 0 Å². The maximum absolute atomic E-state index is 12.6. The minimum Gasteiger partial charge on any atom is -0.406 e. The average Bonchev–Trinajstić information content (AvgIpc) is 2.67. The van der Waals surface area contributed by atoms with Crippen LogP contribution in [0.5, 0.6) is 5.75 Å². The number of carbonyl (C=O) groups excluding carboxylic acids is 2. The Labute approximate surface area is 163 Å². The highest BCUT2D eigenvalue weighted by molar-refractivity contribution is 5.95. The summed E-state index contributed by atoms with van der Waals surface area (Å²) >= 11 is 0. The molecule has 1 aliphatic heterocycles. The number of nitrogens with two attached hydrogens (primary N) is 1. The van der Waals surface area contributed by atoms with E-state index in [1.54, 1.807) is 0 Å². The smallest absolute Gasteiger partial charge is 0.406 e. The summed E-state index contributed by atoms with van der Waals surface area (Å²) in [5, 5.41) is 10.9. The molecule has 0 saturated carbocycles. The number of carbonyl (C=O) groups is 2. The molecule has 7 nitrogen and oxygen atoms in total. The van der Waals surface area contributed by atoms with Crippen molar-refractivity contribution in [1.82, 2.24) is 9.88 Å².